The quantitative estimate of drug-likeness (QED) is 0.606. The van der Waals surface area contributed by atoms with Gasteiger partial charge in [0.2, 0.25) is 0 Å². The summed E-state index contributed by atoms with van der Waals surface area (Å²) in [7, 11) is 0. The Labute approximate surface area is 121 Å². The number of hydrogen-bond acceptors (Lipinski definition) is 5. The van der Waals surface area contributed by atoms with Crippen LogP contribution in [0.1, 0.15) is 19.8 Å². The first-order valence-electron chi connectivity index (χ1n) is 6.08. The number of hydrogen-bond donors (Lipinski definition) is 4. The van der Waals surface area contributed by atoms with Gasteiger partial charge in [0, 0.05) is 6.07 Å². The molecule has 0 aliphatic heterocycles. The van der Waals surface area contributed by atoms with Crippen LogP contribution < -0.4 is 4.74 Å². The second kappa shape index (κ2) is 7.33. The van der Waals surface area contributed by atoms with Crippen molar-refractivity contribution in [2.24, 2.45) is 0 Å². The molecular weight excluding hydrogens is 288 g/mol. The molecule has 112 valence electrons. The number of halogens is 1. The van der Waals surface area contributed by atoms with Crippen molar-refractivity contribution in [2.45, 2.75) is 38.1 Å². The molecule has 3 unspecified atom stereocenters. The van der Waals surface area contributed by atoms with Crippen LogP contribution in [-0.2, 0) is 4.79 Å². The summed E-state index contributed by atoms with van der Waals surface area (Å²) >= 11 is 5.66. The van der Waals surface area contributed by atoms with Crippen molar-refractivity contribution in [1.29, 1.82) is 0 Å². The van der Waals surface area contributed by atoms with E-state index in [2.05, 4.69) is 0 Å². The Bertz CT molecular complexity index is 464. The van der Waals surface area contributed by atoms with Crippen LogP contribution >= 0.6 is 11.6 Å². The largest absolute Gasteiger partial charge is 0.506 e. The molecule has 0 saturated carbocycles. The van der Waals surface area contributed by atoms with E-state index < -0.39 is 30.7 Å². The van der Waals surface area contributed by atoms with E-state index in [0.717, 1.165) is 0 Å². The maximum absolute atomic E-state index is 10.5. The van der Waals surface area contributed by atoms with Crippen molar-refractivity contribution >= 4 is 17.6 Å². The Morgan fingerprint density at radius 2 is 2.05 bits per heavy atom. The predicted octanol–water partition coefficient (Wildman–Crippen LogP) is 1.40. The zero-order chi connectivity index (χ0) is 15.3. The fraction of sp³-hybridized carbons (Fsp3) is 0.462. The average Bonchev–Trinajstić information content (AvgIpc) is 2.38. The molecule has 0 aromatic heterocycles. The van der Waals surface area contributed by atoms with E-state index in [-0.39, 0.29) is 16.5 Å². The molecule has 0 aliphatic rings. The number of carboxylic acid groups (broad SMARTS) is 1. The highest BCUT2D eigenvalue weighted by Crippen LogP contribution is 2.28. The van der Waals surface area contributed by atoms with E-state index in [4.69, 9.17) is 21.4 Å². The second-order valence-corrected chi connectivity index (χ2v) is 4.74. The summed E-state index contributed by atoms with van der Waals surface area (Å²) < 4.78 is 5.44. The molecule has 0 aliphatic carbocycles. The summed E-state index contributed by atoms with van der Waals surface area (Å²) in [6.07, 6.45) is -3.81. The molecule has 4 N–H and O–H groups in total. The molecule has 0 saturated heterocycles. The van der Waals surface area contributed by atoms with Gasteiger partial charge in [0.05, 0.1) is 17.5 Å². The number of benzene rings is 1. The fourth-order valence-corrected chi connectivity index (χ4v) is 1.80. The lowest BCUT2D eigenvalue weighted by molar-refractivity contribution is -0.142. The summed E-state index contributed by atoms with van der Waals surface area (Å²) in [5.41, 5.74) is 0. The molecule has 0 bridgehead atoms. The first kappa shape index (κ1) is 16.6. The van der Waals surface area contributed by atoms with Gasteiger partial charge in [-0.1, -0.05) is 18.5 Å². The van der Waals surface area contributed by atoms with Crippen LogP contribution in [0.25, 0.3) is 0 Å². The molecule has 6 nitrogen and oxygen atoms in total. The van der Waals surface area contributed by atoms with Crippen molar-refractivity contribution in [1.82, 2.24) is 0 Å². The van der Waals surface area contributed by atoms with Crippen molar-refractivity contribution < 1.29 is 30.0 Å². The first-order valence-corrected chi connectivity index (χ1v) is 6.46. The molecule has 0 fully saturated rings. The van der Waals surface area contributed by atoms with Gasteiger partial charge in [-0.25, -0.2) is 0 Å². The van der Waals surface area contributed by atoms with Crippen LogP contribution in [0.5, 0.6) is 11.5 Å². The Hall–Kier alpha value is -1.50. The molecule has 0 amide bonds. The number of carboxylic acids is 1. The molecular formula is C13H17ClO6. The van der Waals surface area contributed by atoms with E-state index in [9.17, 15) is 20.1 Å². The van der Waals surface area contributed by atoms with Crippen LogP contribution in [0.3, 0.4) is 0 Å². The van der Waals surface area contributed by atoms with E-state index in [1.165, 1.54) is 18.2 Å². The highest BCUT2D eigenvalue weighted by Gasteiger charge is 2.28. The van der Waals surface area contributed by atoms with Gasteiger partial charge >= 0.3 is 5.97 Å². The summed E-state index contributed by atoms with van der Waals surface area (Å²) in [6, 6.07) is 4.21. The number of phenols is 1. The Kier molecular flexibility index (Phi) is 6.06. The summed E-state index contributed by atoms with van der Waals surface area (Å²) in [6.45, 7) is 1.72. The van der Waals surface area contributed by atoms with Gasteiger partial charge in [-0.05, 0) is 18.6 Å². The molecule has 0 spiro atoms. The normalized spacial score (nSPS) is 15.4. The molecule has 20 heavy (non-hydrogen) atoms. The molecule has 0 radical (unpaired) electrons. The lowest BCUT2D eigenvalue weighted by Crippen LogP contribution is -2.41. The van der Waals surface area contributed by atoms with Gasteiger partial charge in [0.25, 0.3) is 0 Å². The van der Waals surface area contributed by atoms with Crippen LogP contribution in [0.15, 0.2) is 18.2 Å². The van der Waals surface area contributed by atoms with Crippen LogP contribution in [0.2, 0.25) is 5.02 Å². The Balaban J connectivity index is 2.75. The molecule has 3 atom stereocenters. The third-order valence-corrected chi connectivity index (χ3v) is 3.09. The molecule has 1 aromatic carbocycles. The Morgan fingerprint density at radius 1 is 1.40 bits per heavy atom. The third-order valence-electron chi connectivity index (χ3n) is 2.77. The van der Waals surface area contributed by atoms with Crippen molar-refractivity contribution in [3.05, 3.63) is 23.2 Å². The zero-order valence-electron chi connectivity index (χ0n) is 10.9. The van der Waals surface area contributed by atoms with Crippen molar-refractivity contribution in [3.8, 4) is 11.5 Å². The van der Waals surface area contributed by atoms with Gasteiger partial charge in [-0.15, -0.1) is 0 Å². The molecule has 1 aromatic rings. The number of rotatable bonds is 7. The maximum Gasteiger partial charge on any atom is 0.306 e. The summed E-state index contributed by atoms with van der Waals surface area (Å²) in [5, 5.41) is 37.7. The number of aliphatic hydroxyl groups is 2. The van der Waals surface area contributed by atoms with E-state index in [0.29, 0.717) is 6.42 Å². The van der Waals surface area contributed by atoms with E-state index >= 15 is 0 Å². The lowest BCUT2D eigenvalue weighted by atomic mass is 10.0. The SMILES string of the molecule is CCC(Oc1ccc(Cl)c(O)c1)C(O)C(O)CC(=O)O. The number of ether oxygens (including phenoxy) is 1. The number of phenolic OH excluding ortho intramolecular Hbond substituents is 1. The standard InChI is InChI=1S/C13H17ClO6/c1-2-11(13(19)10(16)6-12(17)18)20-7-3-4-8(14)9(15)5-7/h3-5,10-11,13,15-16,19H,2,6H2,1H3,(H,17,18). The van der Waals surface area contributed by atoms with Crippen molar-refractivity contribution in [2.75, 3.05) is 0 Å². The minimum Gasteiger partial charge on any atom is -0.506 e. The second-order valence-electron chi connectivity index (χ2n) is 4.33. The minimum atomic E-state index is -1.43. The summed E-state index contributed by atoms with van der Waals surface area (Å²) in [5.74, 6) is -1.12. The summed E-state index contributed by atoms with van der Waals surface area (Å²) in [4.78, 5) is 10.5. The van der Waals surface area contributed by atoms with E-state index in [1.807, 2.05) is 0 Å². The van der Waals surface area contributed by atoms with Crippen LogP contribution in [0, 0.1) is 0 Å². The van der Waals surface area contributed by atoms with E-state index in [1.54, 1.807) is 6.92 Å². The number of carbonyl (C=O) groups is 1. The molecule has 7 heteroatoms. The highest BCUT2D eigenvalue weighted by atomic mass is 35.5. The fourth-order valence-electron chi connectivity index (χ4n) is 1.68. The maximum atomic E-state index is 10.5. The zero-order valence-corrected chi connectivity index (χ0v) is 11.6. The monoisotopic (exact) mass is 304 g/mol. The minimum absolute atomic E-state index is 0.164. The van der Waals surface area contributed by atoms with Gasteiger partial charge in [-0.2, -0.15) is 0 Å². The topological polar surface area (TPSA) is 107 Å². The van der Waals surface area contributed by atoms with Gasteiger partial charge in [0.15, 0.2) is 0 Å². The number of aliphatic carboxylic acids is 1. The average molecular weight is 305 g/mol. The van der Waals surface area contributed by atoms with Gasteiger partial charge in [0.1, 0.15) is 23.7 Å². The third kappa shape index (κ3) is 4.56. The van der Waals surface area contributed by atoms with Gasteiger partial charge < -0.3 is 25.2 Å². The smallest absolute Gasteiger partial charge is 0.306 e. The first-order chi connectivity index (χ1) is 9.35. The van der Waals surface area contributed by atoms with Crippen molar-refractivity contribution in [3.63, 3.8) is 0 Å². The highest BCUT2D eigenvalue weighted by molar-refractivity contribution is 6.32. The lowest BCUT2D eigenvalue weighted by Gasteiger charge is -2.26. The number of aliphatic hydroxyl groups excluding tert-OH is 2. The molecule has 0 heterocycles. The van der Waals surface area contributed by atoms with Crippen LogP contribution in [-0.4, -0.2) is 44.7 Å². The predicted molar refractivity (Wildman–Crippen MR) is 72.1 cm³/mol. The van der Waals surface area contributed by atoms with Crippen LogP contribution in [0.4, 0.5) is 0 Å². The number of aromatic hydroxyl groups is 1. The molecule has 1 rings (SSSR count). The van der Waals surface area contributed by atoms with Gasteiger partial charge in [-0.3, -0.25) is 4.79 Å². The Morgan fingerprint density at radius 3 is 2.55 bits per heavy atom.